The lowest BCUT2D eigenvalue weighted by Crippen LogP contribution is -2.57. The Bertz CT molecular complexity index is 858. The average Bonchev–Trinajstić information content (AvgIpc) is 2.80. The van der Waals surface area contributed by atoms with E-state index in [1.807, 2.05) is 0 Å². The molecule has 0 aliphatic rings. The lowest BCUT2D eigenvalue weighted by atomic mass is 10.1. The Balaban J connectivity index is 5.53. The number of nitrogens with one attached hydrogen (secondary N) is 3. The molecule has 4 atom stereocenters. The molecule has 0 rings (SSSR count). The molecule has 18 heteroatoms. The summed E-state index contributed by atoms with van der Waals surface area (Å²) < 4.78 is 0. The first kappa shape index (κ1) is 32.8. The van der Waals surface area contributed by atoms with Crippen molar-refractivity contribution < 1.29 is 39.3 Å². The molecule has 0 aliphatic heterocycles. The smallest absolute Gasteiger partial charge is 0.326 e. The predicted molar refractivity (Wildman–Crippen MR) is 131 cm³/mol. The van der Waals surface area contributed by atoms with E-state index in [2.05, 4.69) is 25.9 Å². The van der Waals surface area contributed by atoms with Crippen molar-refractivity contribution >= 4 is 41.6 Å². The molecule has 0 bridgehead atoms. The van der Waals surface area contributed by atoms with Crippen LogP contribution in [-0.2, 0) is 24.0 Å². The van der Waals surface area contributed by atoms with Gasteiger partial charge in [-0.3, -0.25) is 29.2 Å². The van der Waals surface area contributed by atoms with E-state index in [0.717, 1.165) is 0 Å². The molecule has 3 amide bonds. The first-order valence-corrected chi connectivity index (χ1v) is 11.1. The van der Waals surface area contributed by atoms with Crippen LogP contribution in [0, 0.1) is 0 Å². The highest BCUT2D eigenvalue weighted by Crippen LogP contribution is 2.04. The Morgan fingerprint density at radius 3 is 1.57 bits per heavy atom. The van der Waals surface area contributed by atoms with Gasteiger partial charge in [-0.1, -0.05) is 0 Å². The van der Waals surface area contributed by atoms with Gasteiger partial charge in [0.25, 0.3) is 0 Å². The Labute approximate surface area is 212 Å². The molecule has 0 spiro atoms. The fourth-order valence-electron chi connectivity index (χ4n) is 2.82. The van der Waals surface area contributed by atoms with Gasteiger partial charge < -0.3 is 59.9 Å². The van der Waals surface area contributed by atoms with Gasteiger partial charge in [0.15, 0.2) is 11.9 Å². The summed E-state index contributed by atoms with van der Waals surface area (Å²) in [5, 5.41) is 34.3. The highest BCUT2D eigenvalue weighted by Gasteiger charge is 2.31. The van der Waals surface area contributed by atoms with Crippen LogP contribution >= 0.6 is 0 Å². The van der Waals surface area contributed by atoms with Crippen molar-refractivity contribution in [3.63, 3.8) is 0 Å². The predicted octanol–water partition coefficient (Wildman–Crippen LogP) is -5.57. The monoisotopic (exact) mass is 532 g/mol. The molecule has 0 aromatic rings. The molecule has 0 fully saturated rings. The Kier molecular flexibility index (Phi) is 15.3. The number of nitrogens with two attached hydrogens (primary N) is 5. The summed E-state index contributed by atoms with van der Waals surface area (Å²) >= 11 is 0. The van der Waals surface area contributed by atoms with Gasteiger partial charge in [0.1, 0.15) is 24.2 Å². The quantitative estimate of drug-likeness (QED) is 0.0446. The number of aliphatic hydroxyl groups excluding tert-OH is 1. The Morgan fingerprint density at radius 1 is 0.703 bits per heavy atom. The third-order valence-electron chi connectivity index (χ3n) is 4.68. The summed E-state index contributed by atoms with van der Waals surface area (Å²) in [7, 11) is 0. The van der Waals surface area contributed by atoms with Crippen LogP contribution in [0.25, 0.3) is 0 Å². The number of carbonyl (C=O) groups is 5. The molecule has 0 saturated carbocycles. The molecule has 0 heterocycles. The second-order valence-corrected chi connectivity index (χ2v) is 7.81. The van der Waals surface area contributed by atoms with Crippen molar-refractivity contribution in [1.29, 1.82) is 0 Å². The third kappa shape index (κ3) is 14.7. The number of amides is 3. The lowest BCUT2D eigenvalue weighted by molar-refractivity contribution is -0.143. The van der Waals surface area contributed by atoms with Crippen molar-refractivity contribution in [3.8, 4) is 0 Å². The first-order chi connectivity index (χ1) is 17.3. The normalized spacial score (nSPS) is 13.7. The van der Waals surface area contributed by atoms with Crippen LogP contribution in [0.4, 0.5) is 0 Å². The molecule has 0 aliphatic carbocycles. The van der Waals surface area contributed by atoms with E-state index < -0.39 is 66.9 Å². The summed E-state index contributed by atoms with van der Waals surface area (Å²) in [4.78, 5) is 68.0. The van der Waals surface area contributed by atoms with Crippen molar-refractivity contribution in [3.05, 3.63) is 0 Å². The number of aliphatic hydroxyl groups is 1. The van der Waals surface area contributed by atoms with Crippen molar-refractivity contribution in [2.24, 2.45) is 38.7 Å². The number of carboxylic acid groups (broad SMARTS) is 2. The second-order valence-electron chi connectivity index (χ2n) is 7.81. The number of guanidine groups is 2. The number of carboxylic acids is 2. The van der Waals surface area contributed by atoms with Gasteiger partial charge in [-0.15, -0.1) is 0 Å². The Morgan fingerprint density at radius 2 is 1.14 bits per heavy atom. The van der Waals surface area contributed by atoms with Gasteiger partial charge >= 0.3 is 11.9 Å². The highest BCUT2D eigenvalue weighted by atomic mass is 16.4. The van der Waals surface area contributed by atoms with E-state index in [4.69, 9.17) is 33.8 Å². The van der Waals surface area contributed by atoms with Gasteiger partial charge in [-0.25, -0.2) is 4.79 Å². The van der Waals surface area contributed by atoms with Crippen LogP contribution < -0.4 is 44.6 Å². The molecule has 37 heavy (non-hydrogen) atoms. The zero-order chi connectivity index (χ0) is 28.5. The van der Waals surface area contributed by atoms with Crippen LogP contribution in [0.2, 0.25) is 0 Å². The molecule has 0 radical (unpaired) electrons. The average molecular weight is 533 g/mol. The third-order valence-corrected chi connectivity index (χ3v) is 4.68. The minimum Gasteiger partial charge on any atom is -0.481 e. The van der Waals surface area contributed by atoms with Crippen molar-refractivity contribution in [1.82, 2.24) is 16.0 Å². The van der Waals surface area contributed by atoms with Gasteiger partial charge in [-0.05, 0) is 25.7 Å². The zero-order valence-electron chi connectivity index (χ0n) is 20.1. The number of aliphatic carboxylic acids is 2. The highest BCUT2D eigenvalue weighted by molar-refractivity contribution is 5.95. The summed E-state index contributed by atoms with van der Waals surface area (Å²) in [6.45, 7) is -0.528. The van der Waals surface area contributed by atoms with Crippen LogP contribution in [0.15, 0.2) is 9.98 Å². The summed E-state index contributed by atoms with van der Waals surface area (Å²) in [5.41, 5.74) is 26.3. The maximum Gasteiger partial charge on any atom is 0.326 e. The van der Waals surface area contributed by atoms with Gasteiger partial charge in [0.05, 0.1) is 13.0 Å². The number of hydrogen-bond donors (Lipinski definition) is 11. The number of aliphatic imine (C=N–C) groups is 2. The van der Waals surface area contributed by atoms with Crippen molar-refractivity contribution in [2.45, 2.75) is 56.3 Å². The first-order valence-electron chi connectivity index (χ1n) is 11.1. The van der Waals surface area contributed by atoms with E-state index in [1.165, 1.54) is 0 Å². The minimum absolute atomic E-state index is 0.0452. The molecule has 0 aromatic carbocycles. The molecule has 4 unspecified atom stereocenters. The van der Waals surface area contributed by atoms with Crippen LogP contribution in [0.5, 0.6) is 0 Å². The van der Waals surface area contributed by atoms with Crippen molar-refractivity contribution in [2.75, 3.05) is 19.7 Å². The largest absolute Gasteiger partial charge is 0.481 e. The second kappa shape index (κ2) is 17.3. The van der Waals surface area contributed by atoms with E-state index >= 15 is 0 Å². The number of nitrogens with zero attached hydrogens (tertiary/aromatic N) is 2. The molecular weight excluding hydrogens is 496 g/mol. The van der Waals surface area contributed by atoms with E-state index in [0.29, 0.717) is 0 Å². The zero-order valence-corrected chi connectivity index (χ0v) is 20.1. The fraction of sp³-hybridized carbons (Fsp3) is 0.632. The molecule has 0 aromatic heterocycles. The van der Waals surface area contributed by atoms with Gasteiger partial charge in [0.2, 0.25) is 17.7 Å². The standard InChI is InChI=1S/C19H36N10O8/c20-9(8-30)14(33)27-10(3-1-5-25-18(21)22)15(34)29-12(7-13(31)32)16(35)28-11(17(36)37)4-2-6-26-19(23)24/h9-12,30H,1-8,20H2,(H,27,33)(H,28,35)(H,29,34)(H,31,32)(H,36,37)(H4,21,22,25)(H4,23,24,26). The van der Waals surface area contributed by atoms with E-state index in [9.17, 15) is 34.2 Å². The maximum absolute atomic E-state index is 12.9. The fourth-order valence-corrected chi connectivity index (χ4v) is 2.82. The Hall–Kier alpha value is -4.19. The van der Waals surface area contributed by atoms with Crippen LogP contribution in [0.3, 0.4) is 0 Å². The minimum atomic E-state index is -1.69. The molecule has 0 saturated heterocycles. The lowest BCUT2D eigenvalue weighted by Gasteiger charge is -2.24. The molecule has 210 valence electrons. The molecule has 18 nitrogen and oxygen atoms in total. The number of rotatable bonds is 18. The SMILES string of the molecule is NC(N)=NCCCC(NC(=O)C(CC(=O)O)NC(=O)C(CCCN=C(N)N)NC(=O)C(N)CO)C(=O)O. The van der Waals surface area contributed by atoms with E-state index in [1.54, 1.807) is 0 Å². The summed E-state index contributed by atoms with van der Waals surface area (Å²) in [6, 6.07) is -5.76. The summed E-state index contributed by atoms with van der Waals surface area (Å²) in [5.74, 6) is -6.17. The van der Waals surface area contributed by atoms with Crippen LogP contribution in [-0.4, -0.2) is 101 Å². The maximum atomic E-state index is 12.9. The van der Waals surface area contributed by atoms with Gasteiger partial charge in [-0.2, -0.15) is 0 Å². The van der Waals surface area contributed by atoms with Gasteiger partial charge in [0, 0.05) is 13.1 Å². The number of carbonyl (C=O) groups excluding carboxylic acids is 3. The number of hydrogen-bond acceptors (Lipinski definition) is 9. The van der Waals surface area contributed by atoms with E-state index in [-0.39, 0.29) is 50.7 Å². The molecule has 16 N–H and O–H groups in total. The topological polar surface area (TPSA) is 337 Å². The van der Waals surface area contributed by atoms with Crippen LogP contribution in [0.1, 0.15) is 32.1 Å². The molecular formula is C19H36N10O8. The summed E-state index contributed by atoms with van der Waals surface area (Å²) in [6.07, 6.45) is -0.648.